The first kappa shape index (κ1) is 15.5. The van der Waals surface area contributed by atoms with E-state index < -0.39 is 0 Å². The molecule has 106 valence electrons. The van der Waals surface area contributed by atoms with E-state index in [1.807, 2.05) is 31.2 Å². The molecule has 0 aliphatic carbocycles. The lowest BCUT2D eigenvalue weighted by Crippen LogP contribution is -2.35. The fourth-order valence-electron chi connectivity index (χ4n) is 1.93. The maximum absolute atomic E-state index is 11.7. The molecule has 0 saturated carbocycles. The van der Waals surface area contributed by atoms with Crippen LogP contribution in [-0.2, 0) is 11.2 Å². The van der Waals surface area contributed by atoms with E-state index >= 15 is 0 Å². The number of carbonyl (C=O) groups is 1. The molecule has 0 bridgehead atoms. The van der Waals surface area contributed by atoms with E-state index in [2.05, 4.69) is 12.2 Å². The summed E-state index contributed by atoms with van der Waals surface area (Å²) >= 11 is 0. The van der Waals surface area contributed by atoms with Gasteiger partial charge in [0, 0.05) is 6.04 Å². The highest BCUT2D eigenvalue weighted by atomic mass is 16.5. The zero-order chi connectivity index (χ0) is 14.1. The molecule has 4 heteroatoms. The molecule has 1 aromatic carbocycles. The van der Waals surface area contributed by atoms with Crippen LogP contribution in [0, 0.1) is 0 Å². The van der Waals surface area contributed by atoms with Crippen molar-refractivity contribution < 1.29 is 9.53 Å². The molecule has 1 amide bonds. The lowest BCUT2D eigenvalue weighted by Gasteiger charge is -2.13. The molecule has 19 heavy (non-hydrogen) atoms. The van der Waals surface area contributed by atoms with Crippen LogP contribution in [0.1, 0.15) is 32.3 Å². The maximum atomic E-state index is 11.7. The van der Waals surface area contributed by atoms with Crippen LogP contribution in [0.25, 0.3) is 0 Å². The van der Waals surface area contributed by atoms with Crippen LogP contribution in [0.15, 0.2) is 24.3 Å². The minimum Gasteiger partial charge on any atom is -0.484 e. The fraction of sp³-hybridized carbons (Fsp3) is 0.533. The van der Waals surface area contributed by atoms with Crippen molar-refractivity contribution in [3.05, 3.63) is 29.8 Å². The van der Waals surface area contributed by atoms with Crippen molar-refractivity contribution in [2.75, 3.05) is 13.2 Å². The average Bonchev–Trinajstić information content (AvgIpc) is 2.37. The molecule has 1 aromatic rings. The van der Waals surface area contributed by atoms with Crippen molar-refractivity contribution in [2.24, 2.45) is 5.73 Å². The van der Waals surface area contributed by atoms with Crippen LogP contribution in [0.5, 0.6) is 5.75 Å². The monoisotopic (exact) mass is 264 g/mol. The second kappa shape index (κ2) is 8.53. The molecule has 3 N–H and O–H groups in total. The number of rotatable bonds is 8. The van der Waals surface area contributed by atoms with Crippen LogP contribution < -0.4 is 15.8 Å². The number of ether oxygens (including phenoxy) is 1. The van der Waals surface area contributed by atoms with Gasteiger partial charge in [-0.05, 0) is 44.0 Å². The van der Waals surface area contributed by atoms with Crippen molar-refractivity contribution >= 4 is 5.91 Å². The molecule has 0 spiro atoms. The predicted octanol–water partition coefficient (Wildman–Crippen LogP) is 1.87. The largest absolute Gasteiger partial charge is 0.484 e. The molecule has 1 rings (SSSR count). The Labute approximate surface area is 115 Å². The van der Waals surface area contributed by atoms with E-state index in [-0.39, 0.29) is 18.6 Å². The quantitative estimate of drug-likeness (QED) is 0.753. The normalized spacial score (nSPS) is 11.9. The van der Waals surface area contributed by atoms with Crippen LogP contribution in [0.4, 0.5) is 0 Å². The second-order valence-electron chi connectivity index (χ2n) is 4.73. The van der Waals surface area contributed by atoms with E-state index in [4.69, 9.17) is 10.5 Å². The van der Waals surface area contributed by atoms with Gasteiger partial charge in [0.1, 0.15) is 5.75 Å². The lowest BCUT2D eigenvalue weighted by atomic mass is 10.1. The highest BCUT2D eigenvalue weighted by Gasteiger charge is 2.07. The maximum Gasteiger partial charge on any atom is 0.258 e. The van der Waals surface area contributed by atoms with E-state index in [1.165, 1.54) is 0 Å². The standard InChI is InChI=1S/C15H24N2O2/c1-3-5-12(2)17-15(18)11-19-14-7-4-6-13(10-14)8-9-16/h4,6-7,10,12H,3,5,8-9,11,16H2,1-2H3,(H,17,18). The summed E-state index contributed by atoms with van der Waals surface area (Å²) in [5.74, 6) is 0.634. The number of nitrogens with two attached hydrogens (primary N) is 1. The Kier molecular flexibility index (Phi) is 6.97. The van der Waals surface area contributed by atoms with Gasteiger partial charge < -0.3 is 15.8 Å². The van der Waals surface area contributed by atoms with Crippen molar-refractivity contribution in [3.63, 3.8) is 0 Å². The van der Waals surface area contributed by atoms with E-state index in [1.54, 1.807) is 0 Å². The third-order valence-corrected chi connectivity index (χ3v) is 2.83. The van der Waals surface area contributed by atoms with Gasteiger partial charge in [-0.2, -0.15) is 0 Å². The topological polar surface area (TPSA) is 64.3 Å². The SMILES string of the molecule is CCCC(C)NC(=O)COc1cccc(CCN)c1. The average molecular weight is 264 g/mol. The van der Waals surface area contributed by atoms with Gasteiger partial charge in [0.2, 0.25) is 0 Å². The van der Waals surface area contributed by atoms with E-state index in [9.17, 15) is 4.79 Å². The molecule has 1 unspecified atom stereocenters. The minimum absolute atomic E-state index is 0.0557. The molecule has 0 aliphatic rings. The summed E-state index contributed by atoms with van der Waals surface area (Å²) in [4.78, 5) is 11.7. The first-order valence-electron chi connectivity index (χ1n) is 6.87. The molecular formula is C15H24N2O2. The Hall–Kier alpha value is -1.55. The number of hydrogen-bond donors (Lipinski definition) is 2. The molecule has 0 saturated heterocycles. The van der Waals surface area contributed by atoms with Gasteiger partial charge in [0.25, 0.3) is 5.91 Å². The summed E-state index contributed by atoms with van der Waals surface area (Å²) in [7, 11) is 0. The van der Waals surface area contributed by atoms with Gasteiger partial charge in [-0.1, -0.05) is 25.5 Å². The van der Waals surface area contributed by atoms with Gasteiger partial charge in [-0.3, -0.25) is 4.79 Å². The van der Waals surface area contributed by atoms with Crippen molar-refractivity contribution in [2.45, 2.75) is 39.2 Å². The second-order valence-corrected chi connectivity index (χ2v) is 4.73. The first-order valence-corrected chi connectivity index (χ1v) is 6.87. The molecule has 0 aliphatic heterocycles. The molecule has 0 aromatic heterocycles. The van der Waals surface area contributed by atoms with Crippen molar-refractivity contribution in [1.82, 2.24) is 5.32 Å². The van der Waals surface area contributed by atoms with Gasteiger partial charge in [-0.25, -0.2) is 0 Å². The smallest absolute Gasteiger partial charge is 0.258 e. The highest BCUT2D eigenvalue weighted by Crippen LogP contribution is 2.13. The number of hydrogen-bond acceptors (Lipinski definition) is 3. The van der Waals surface area contributed by atoms with Crippen molar-refractivity contribution in [1.29, 1.82) is 0 Å². The third kappa shape index (κ3) is 6.25. The summed E-state index contributed by atoms with van der Waals surface area (Å²) in [6, 6.07) is 7.89. The summed E-state index contributed by atoms with van der Waals surface area (Å²) in [5, 5.41) is 2.91. The van der Waals surface area contributed by atoms with Gasteiger partial charge in [0.05, 0.1) is 0 Å². The van der Waals surface area contributed by atoms with Crippen molar-refractivity contribution in [3.8, 4) is 5.75 Å². The predicted molar refractivity (Wildman–Crippen MR) is 77.2 cm³/mol. The number of carbonyl (C=O) groups excluding carboxylic acids is 1. The number of benzene rings is 1. The Morgan fingerprint density at radius 3 is 2.95 bits per heavy atom. The Morgan fingerprint density at radius 2 is 2.26 bits per heavy atom. The molecule has 4 nitrogen and oxygen atoms in total. The molecule has 1 atom stereocenters. The Morgan fingerprint density at radius 1 is 1.47 bits per heavy atom. The molecule has 0 fully saturated rings. The van der Waals surface area contributed by atoms with E-state index in [0.29, 0.717) is 12.3 Å². The van der Waals surface area contributed by atoms with Crippen LogP contribution >= 0.6 is 0 Å². The summed E-state index contributed by atoms with van der Waals surface area (Å²) in [5.41, 5.74) is 6.64. The zero-order valence-electron chi connectivity index (χ0n) is 11.8. The highest BCUT2D eigenvalue weighted by molar-refractivity contribution is 5.77. The molecule has 0 radical (unpaired) electrons. The minimum atomic E-state index is -0.0785. The van der Waals surface area contributed by atoms with E-state index in [0.717, 1.165) is 24.8 Å². The molecular weight excluding hydrogens is 240 g/mol. The first-order chi connectivity index (χ1) is 9.15. The Balaban J connectivity index is 2.39. The summed E-state index contributed by atoms with van der Waals surface area (Å²) in [6.07, 6.45) is 2.86. The van der Waals surface area contributed by atoms with Gasteiger partial charge >= 0.3 is 0 Å². The van der Waals surface area contributed by atoms with Gasteiger partial charge in [-0.15, -0.1) is 0 Å². The summed E-state index contributed by atoms with van der Waals surface area (Å²) < 4.78 is 5.48. The zero-order valence-corrected chi connectivity index (χ0v) is 11.8. The van der Waals surface area contributed by atoms with Crippen LogP contribution in [0.2, 0.25) is 0 Å². The number of amides is 1. The number of nitrogens with one attached hydrogen (secondary N) is 1. The van der Waals surface area contributed by atoms with Crippen LogP contribution in [0.3, 0.4) is 0 Å². The van der Waals surface area contributed by atoms with Gasteiger partial charge in [0.15, 0.2) is 6.61 Å². The molecule has 0 heterocycles. The Bertz CT molecular complexity index is 393. The fourth-order valence-corrected chi connectivity index (χ4v) is 1.93. The third-order valence-electron chi connectivity index (χ3n) is 2.83. The summed E-state index contributed by atoms with van der Waals surface area (Å²) in [6.45, 7) is 4.77. The lowest BCUT2D eigenvalue weighted by molar-refractivity contribution is -0.123. The van der Waals surface area contributed by atoms with Crippen LogP contribution in [-0.4, -0.2) is 25.1 Å².